The van der Waals surface area contributed by atoms with Gasteiger partial charge in [0.05, 0.1) is 0 Å². The van der Waals surface area contributed by atoms with E-state index in [4.69, 9.17) is 0 Å². The highest BCUT2D eigenvalue weighted by Gasteiger charge is 2.22. The molecule has 0 heteroatoms. The van der Waals surface area contributed by atoms with Gasteiger partial charge in [0.2, 0.25) is 0 Å². The van der Waals surface area contributed by atoms with E-state index in [0.717, 1.165) is 5.56 Å². The topological polar surface area (TPSA) is 0 Å². The van der Waals surface area contributed by atoms with E-state index in [9.17, 15) is 0 Å². The van der Waals surface area contributed by atoms with E-state index in [1.54, 1.807) is 0 Å². The maximum Gasteiger partial charge on any atom is -0.00139 e. The molecule has 0 heterocycles. The van der Waals surface area contributed by atoms with E-state index in [0.29, 0.717) is 0 Å². The van der Waals surface area contributed by atoms with Gasteiger partial charge in [-0.05, 0) is 121 Å². The molecule has 0 aliphatic carbocycles. The number of rotatable bonds is 8. The zero-order valence-electron chi connectivity index (χ0n) is 36.4. The van der Waals surface area contributed by atoms with Crippen molar-refractivity contribution < 1.29 is 0 Å². The van der Waals surface area contributed by atoms with E-state index >= 15 is 0 Å². The molecule has 0 radical (unpaired) electrons. The van der Waals surface area contributed by atoms with Crippen LogP contribution >= 0.6 is 0 Å². The van der Waals surface area contributed by atoms with Gasteiger partial charge in [-0.3, -0.25) is 0 Å². The number of benzene rings is 12. The predicted molar refractivity (Wildman–Crippen MR) is 284 cm³/mol. The molecule has 0 fully saturated rings. The summed E-state index contributed by atoms with van der Waals surface area (Å²) in [6, 6.07) is 93.0. The van der Waals surface area contributed by atoms with Crippen LogP contribution in [0.1, 0.15) is 11.1 Å². The molecule has 12 aromatic rings. The molecule has 0 aromatic heterocycles. The fourth-order valence-corrected chi connectivity index (χ4v) is 10.4. The highest BCUT2D eigenvalue weighted by molar-refractivity contribution is 6.26. The summed E-state index contributed by atoms with van der Waals surface area (Å²) in [5.74, 6) is 0. The zero-order chi connectivity index (χ0) is 43.8. The minimum absolute atomic E-state index is 1.15. The Kier molecular flexibility index (Phi) is 9.97. The van der Waals surface area contributed by atoms with E-state index in [2.05, 4.69) is 267 Å². The molecular formula is C66H44. The van der Waals surface area contributed by atoms with Gasteiger partial charge in [0.1, 0.15) is 0 Å². The minimum Gasteiger partial charge on any atom is -0.0622 e. The molecule has 12 aromatic carbocycles. The van der Waals surface area contributed by atoms with Crippen LogP contribution in [0.2, 0.25) is 0 Å². The van der Waals surface area contributed by atoms with Gasteiger partial charge in [-0.25, -0.2) is 0 Å². The molecule has 0 saturated carbocycles. The van der Waals surface area contributed by atoms with Crippen LogP contribution in [0.4, 0.5) is 0 Å². The lowest BCUT2D eigenvalue weighted by molar-refractivity contribution is 1.60. The van der Waals surface area contributed by atoms with Gasteiger partial charge < -0.3 is 0 Å². The average molecular weight is 837 g/mol. The predicted octanol–water partition coefficient (Wildman–Crippen LogP) is 18.5. The van der Waals surface area contributed by atoms with Gasteiger partial charge in [0.25, 0.3) is 0 Å². The fraction of sp³-hybridized carbons (Fsp3) is 0. The molecule has 0 saturated heterocycles. The number of fused-ring (bicyclic) bond motifs is 4. The van der Waals surface area contributed by atoms with Crippen LogP contribution in [-0.4, -0.2) is 0 Å². The SMILES string of the molecule is C(=Cc1ccccc1-c1cccc2c(-c3ccccc3)c3ccccc3c(-c3ccccc3)c12)c1ccc(-c2cccc3c(-c4ccccc4)c4ccccc4c(-c4ccccc4)c23)cc1. The molecule has 0 aliphatic rings. The van der Waals surface area contributed by atoms with Crippen molar-refractivity contribution in [2.45, 2.75) is 0 Å². The summed E-state index contributed by atoms with van der Waals surface area (Å²) in [5, 5.41) is 10.1. The molecule has 308 valence electrons. The van der Waals surface area contributed by atoms with Crippen LogP contribution in [0.5, 0.6) is 0 Å². The highest BCUT2D eigenvalue weighted by atomic mass is 14.2. The number of hydrogen-bond donors (Lipinski definition) is 0. The van der Waals surface area contributed by atoms with Crippen LogP contribution in [0.15, 0.2) is 255 Å². The van der Waals surface area contributed by atoms with E-state index in [1.807, 2.05) is 0 Å². The van der Waals surface area contributed by atoms with Crippen molar-refractivity contribution in [3.05, 3.63) is 266 Å². The minimum atomic E-state index is 1.15. The molecule has 66 heavy (non-hydrogen) atoms. The molecule has 0 spiro atoms. The van der Waals surface area contributed by atoms with Gasteiger partial charge in [-0.2, -0.15) is 0 Å². The van der Waals surface area contributed by atoms with Crippen LogP contribution in [0.3, 0.4) is 0 Å². The Morgan fingerprint density at radius 3 is 1.03 bits per heavy atom. The molecular weight excluding hydrogens is 793 g/mol. The standard InChI is InChI=1S/C66H44/c1-5-22-48(23-6-1)61-55-31-15-17-33-57(55)63(50-26-9-3-10-27-50)65-53(35-19-37-59(61)65)47-43-40-45(41-44-47)39-42-46-21-13-14-30-52(46)54-36-20-38-60-62(49-24-7-2-8-25-49)56-32-16-18-34-58(56)64(66(54)60)51-28-11-4-12-29-51/h1-44H. The van der Waals surface area contributed by atoms with Crippen molar-refractivity contribution in [1.82, 2.24) is 0 Å². The smallest absolute Gasteiger partial charge is 0.00139 e. The normalized spacial score (nSPS) is 11.6. The lowest BCUT2D eigenvalue weighted by Crippen LogP contribution is -1.94. The maximum absolute atomic E-state index is 2.31. The molecule has 0 N–H and O–H groups in total. The summed E-state index contributed by atoms with van der Waals surface area (Å²) >= 11 is 0. The first kappa shape index (κ1) is 39.0. The summed E-state index contributed by atoms with van der Waals surface area (Å²) in [4.78, 5) is 0. The van der Waals surface area contributed by atoms with Gasteiger partial charge in [0, 0.05) is 0 Å². The third kappa shape index (κ3) is 6.79. The lowest BCUT2D eigenvalue weighted by Gasteiger charge is -2.21. The first-order valence-electron chi connectivity index (χ1n) is 22.8. The van der Waals surface area contributed by atoms with E-state index in [1.165, 1.54) is 115 Å². The second-order valence-corrected chi connectivity index (χ2v) is 17.1. The van der Waals surface area contributed by atoms with Gasteiger partial charge in [0.15, 0.2) is 0 Å². The third-order valence-corrected chi connectivity index (χ3v) is 13.3. The van der Waals surface area contributed by atoms with Crippen molar-refractivity contribution in [2.75, 3.05) is 0 Å². The molecule has 0 nitrogen and oxygen atoms in total. The Bertz CT molecular complexity index is 3750. The van der Waals surface area contributed by atoms with E-state index < -0.39 is 0 Å². The summed E-state index contributed by atoms with van der Waals surface area (Å²) in [6.07, 6.45) is 4.55. The second-order valence-electron chi connectivity index (χ2n) is 17.1. The van der Waals surface area contributed by atoms with Crippen molar-refractivity contribution in [1.29, 1.82) is 0 Å². The fourth-order valence-electron chi connectivity index (χ4n) is 10.4. The lowest BCUT2D eigenvalue weighted by atomic mass is 9.82. The van der Waals surface area contributed by atoms with Crippen molar-refractivity contribution in [3.8, 4) is 66.8 Å². The molecule has 0 unspecified atom stereocenters. The summed E-state index contributed by atoms with van der Waals surface area (Å²) < 4.78 is 0. The third-order valence-electron chi connectivity index (χ3n) is 13.3. The summed E-state index contributed by atoms with van der Waals surface area (Å²) in [7, 11) is 0. The van der Waals surface area contributed by atoms with Crippen LogP contribution < -0.4 is 0 Å². The van der Waals surface area contributed by atoms with Gasteiger partial charge in [-0.15, -0.1) is 0 Å². The van der Waals surface area contributed by atoms with Crippen molar-refractivity contribution in [3.63, 3.8) is 0 Å². The number of hydrogen-bond acceptors (Lipinski definition) is 0. The van der Waals surface area contributed by atoms with Gasteiger partial charge >= 0.3 is 0 Å². The Labute approximate surface area is 386 Å². The van der Waals surface area contributed by atoms with Crippen LogP contribution in [0, 0.1) is 0 Å². The Hall–Kier alpha value is -8.58. The molecule has 0 atom stereocenters. The Balaban J connectivity index is 0.997. The quantitative estimate of drug-likeness (QED) is 0.106. The second kappa shape index (κ2) is 16.8. The van der Waals surface area contributed by atoms with E-state index in [-0.39, 0.29) is 0 Å². The largest absolute Gasteiger partial charge is 0.0622 e. The van der Waals surface area contributed by atoms with Crippen LogP contribution in [0.25, 0.3) is 122 Å². The van der Waals surface area contributed by atoms with Gasteiger partial charge in [-0.1, -0.05) is 267 Å². The first-order valence-corrected chi connectivity index (χ1v) is 22.8. The summed E-state index contributed by atoms with van der Waals surface area (Å²) in [6.45, 7) is 0. The molecule has 0 bridgehead atoms. The van der Waals surface area contributed by atoms with Crippen molar-refractivity contribution >= 4 is 55.2 Å². The average Bonchev–Trinajstić information content (AvgIpc) is 3.39. The Morgan fingerprint density at radius 1 is 0.197 bits per heavy atom. The zero-order valence-corrected chi connectivity index (χ0v) is 36.4. The molecule has 0 aliphatic heterocycles. The monoisotopic (exact) mass is 836 g/mol. The highest BCUT2D eigenvalue weighted by Crippen LogP contribution is 2.49. The molecule has 0 amide bonds. The summed E-state index contributed by atoms with van der Waals surface area (Å²) in [5.41, 5.74) is 17.1. The first-order chi connectivity index (χ1) is 32.8. The molecule has 12 rings (SSSR count). The maximum atomic E-state index is 2.31. The Morgan fingerprint density at radius 2 is 0.545 bits per heavy atom. The van der Waals surface area contributed by atoms with Crippen molar-refractivity contribution in [2.24, 2.45) is 0 Å². The van der Waals surface area contributed by atoms with Crippen LogP contribution in [-0.2, 0) is 0 Å².